The van der Waals surface area contributed by atoms with Gasteiger partial charge in [0.25, 0.3) is 11.8 Å². The number of rotatable bonds is 16. The number of aliphatic hydroxyl groups excluding tert-OH is 1. The maximum Gasteiger partial charge on any atom is 0.352 e. The molecule has 2 aromatic carbocycles. The Hall–Kier alpha value is -5.49. The van der Waals surface area contributed by atoms with Crippen molar-refractivity contribution in [2.75, 3.05) is 46.3 Å². The van der Waals surface area contributed by atoms with E-state index < -0.39 is 99.3 Å². The predicted molar refractivity (Wildman–Crippen MR) is 177 cm³/mol. The first kappa shape index (κ1) is 39.3. The first-order chi connectivity index (χ1) is 24.5. The molecule has 1 saturated heterocycles. The highest BCUT2D eigenvalue weighted by molar-refractivity contribution is 6.00. The van der Waals surface area contributed by atoms with Crippen molar-refractivity contribution in [2.24, 2.45) is 11.8 Å². The van der Waals surface area contributed by atoms with Gasteiger partial charge in [-0.2, -0.15) is 0 Å². The van der Waals surface area contributed by atoms with Gasteiger partial charge in [0.2, 0.25) is 11.8 Å². The zero-order chi connectivity index (χ0) is 38.6. The number of carboxylic acids is 1. The number of hydrogen-bond acceptors (Lipinski definition) is 11. The number of carbonyl (C=O) groups excluding carboxylic acids is 4. The molecule has 282 valence electrons. The number of aliphatic carboxylic acids is 1. The fraction of sp³-hybridized carbons (Fsp3) is 0.441. The van der Waals surface area contributed by atoms with E-state index in [2.05, 4.69) is 10.6 Å². The highest BCUT2D eigenvalue weighted by Gasteiger charge is 2.59. The van der Waals surface area contributed by atoms with Crippen LogP contribution < -0.4 is 10.6 Å². The molecule has 2 aliphatic rings. The summed E-state index contributed by atoms with van der Waals surface area (Å²) in [6, 6.07) is 3.36. The molecule has 0 aliphatic carbocycles. The second kappa shape index (κ2) is 16.2. The predicted octanol–water partition coefficient (Wildman–Crippen LogP) is 0.684. The maximum atomic E-state index is 14.3. The van der Waals surface area contributed by atoms with Gasteiger partial charge in [0.15, 0.2) is 34.6 Å². The van der Waals surface area contributed by atoms with Crippen molar-refractivity contribution in [3.8, 4) is 23.0 Å². The summed E-state index contributed by atoms with van der Waals surface area (Å²) >= 11 is 0. The number of hydrogen-bond donors (Lipinski definition) is 8. The molecule has 18 heteroatoms. The van der Waals surface area contributed by atoms with Crippen LogP contribution in [0.25, 0.3) is 0 Å². The normalized spacial score (nSPS) is 18.6. The van der Waals surface area contributed by atoms with Gasteiger partial charge in [-0.15, -0.1) is 0 Å². The zero-order valence-electron chi connectivity index (χ0n) is 28.6. The molecule has 2 aromatic rings. The first-order valence-corrected chi connectivity index (χ1v) is 16.4. The van der Waals surface area contributed by atoms with Crippen molar-refractivity contribution in [2.45, 2.75) is 38.8 Å². The number of carboxylic acid groups (broad SMARTS) is 1. The minimum absolute atomic E-state index is 0.0113. The van der Waals surface area contributed by atoms with Crippen LogP contribution in [0, 0.1) is 23.5 Å². The highest BCUT2D eigenvalue weighted by atomic mass is 19.1. The van der Waals surface area contributed by atoms with Crippen LogP contribution in [0.15, 0.2) is 35.5 Å². The van der Waals surface area contributed by atoms with Crippen LogP contribution in [0.2, 0.25) is 0 Å². The molecule has 4 atom stereocenters. The van der Waals surface area contributed by atoms with Crippen LogP contribution >= 0.6 is 0 Å². The summed E-state index contributed by atoms with van der Waals surface area (Å²) in [5.41, 5.74) is -0.789. The summed E-state index contributed by atoms with van der Waals surface area (Å²) in [5.74, 6) is -11.4. The topological polar surface area (TPSA) is 241 Å². The van der Waals surface area contributed by atoms with E-state index in [9.17, 15) is 63.4 Å². The lowest BCUT2D eigenvalue weighted by Crippen LogP contribution is -2.63. The molecule has 4 amide bonds. The Labute approximate surface area is 296 Å². The van der Waals surface area contributed by atoms with Gasteiger partial charge in [-0.1, -0.05) is 6.92 Å². The number of nitrogens with one attached hydrogen (secondary N) is 2. The number of aliphatic hydroxyl groups is 1. The monoisotopic (exact) mass is 733 g/mol. The molecule has 52 heavy (non-hydrogen) atoms. The third-order valence-electron chi connectivity index (χ3n) is 9.18. The van der Waals surface area contributed by atoms with Crippen molar-refractivity contribution in [3.63, 3.8) is 0 Å². The lowest BCUT2D eigenvalue weighted by atomic mass is 9.77. The number of benzene rings is 2. The number of phenols is 4. The molecule has 2 aliphatic heterocycles. The quantitative estimate of drug-likeness (QED) is 0.0676. The number of fused-ring (bicyclic) bond motifs is 1. The van der Waals surface area contributed by atoms with E-state index in [-0.39, 0.29) is 57.8 Å². The Morgan fingerprint density at radius 1 is 0.885 bits per heavy atom. The molecule has 16 nitrogen and oxygen atoms in total. The molecule has 0 saturated carbocycles. The van der Waals surface area contributed by atoms with Gasteiger partial charge in [0, 0.05) is 38.6 Å². The number of halogens is 2. The lowest BCUT2D eigenvalue weighted by Gasteiger charge is -2.46. The standard InChI is InChI=1S/C34H41F2N5O11/c1-16-20(28(34(51)52)41-27(16)24(17(2)42)33(41)50)14-39(3)15-23(45)40(12-4-10-37-31(48)18-6-8-21(43)29(46)25(18)35)13-5-11-38-32(49)19-7-9-22(44)30(47)26(19)36/h6-9,16-17,24,27,42-44,46-47H,4-5,10-15H2,1-3H3,(H,37,48)(H,38,49)(H,51,52)/t16-,17?,24?,27+/m0/s1. The summed E-state index contributed by atoms with van der Waals surface area (Å²) in [6.07, 6.45) is -0.642. The molecule has 0 radical (unpaired) electrons. The van der Waals surface area contributed by atoms with Gasteiger partial charge < -0.3 is 51.1 Å². The first-order valence-electron chi connectivity index (χ1n) is 16.4. The van der Waals surface area contributed by atoms with E-state index in [1.165, 1.54) is 16.7 Å². The third kappa shape index (κ3) is 8.02. The zero-order valence-corrected chi connectivity index (χ0v) is 28.6. The molecule has 2 unspecified atom stereocenters. The summed E-state index contributed by atoms with van der Waals surface area (Å²) < 4.78 is 28.5. The number of phenolic OH excluding ortho intramolecular Hbond substituents is 4. The second-order valence-corrected chi connectivity index (χ2v) is 12.8. The van der Waals surface area contributed by atoms with Crippen molar-refractivity contribution in [1.29, 1.82) is 0 Å². The smallest absolute Gasteiger partial charge is 0.352 e. The summed E-state index contributed by atoms with van der Waals surface area (Å²) in [5, 5.41) is 63.0. The molecule has 2 heterocycles. The minimum atomic E-state index is -1.31. The molecular formula is C34H41F2N5O11. The molecule has 0 bridgehead atoms. The van der Waals surface area contributed by atoms with E-state index in [0.29, 0.717) is 5.57 Å². The average Bonchev–Trinajstić information content (AvgIpc) is 3.32. The van der Waals surface area contributed by atoms with Crippen LogP contribution in [0.5, 0.6) is 23.0 Å². The minimum Gasteiger partial charge on any atom is -0.504 e. The number of nitrogens with zero attached hydrogens (tertiary/aromatic N) is 3. The van der Waals surface area contributed by atoms with E-state index in [1.807, 2.05) is 0 Å². The van der Waals surface area contributed by atoms with Crippen LogP contribution in [-0.2, 0) is 14.4 Å². The van der Waals surface area contributed by atoms with E-state index in [1.54, 1.807) is 18.9 Å². The van der Waals surface area contributed by atoms with Gasteiger partial charge in [-0.25, -0.2) is 13.6 Å². The summed E-state index contributed by atoms with van der Waals surface area (Å²) in [7, 11) is 1.59. The third-order valence-corrected chi connectivity index (χ3v) is 9.18. The van der Waals surface area contributed by atoms with Crippen LogP contribution in [-0.4, -0.2) is 133 Å². The van der Waals surface area contributed by atoms with Crippen LogP contribution in [0.1, 0.15) is 47.4 Å². The van der Waals surface area contributed by atoms with Gasteiger partial charge >= 0.3 is 5.97 Å². The van der Waals surface area contributed by atoms with Gasteiger partial charge in [0.1, 0.15) is 5.70 Å². The van der Waals surface area contributed by atoms with Crippen molar-refractivity contribution >= 4 is 29.6 Å². The summed E-state index contributed by atoms with van der Waals surface area (Å²) in [6.45, 7) is 3.06. The number of aromatic hydroxyl groups is 4. The SMILES string of the molecule is CC(O)C1C(=O)N2C(C(=O)O)=C(CN(C)CC(=O)N(CCCNC(=O)c3ccc(O)c(O)c3F)CCCNC(=O)c3ccc(O)c(O)c3F)[C@H](C)[C@H]12. The van der Waals surface area contributed by atoms with Crippen LogP contribution in [0.3, 0.4) is 0 Å². The van der Waals surface area contributed by atoms with Gasteiger partial charge in [-0.05, 0) is 56.7 Å². The molecule has 0 aromatic heterocycles. The Morgan fingerprint density at radius 2 is 1.37 bits per heavy atom. The molecule has 0 spiro atoms. The Morgan fingerprint density at radius 3 is 1.81 bits per heavy atom. The second-order valence-electron chi connectivity index (χ2n) is 12.8. The highest BCUT2D eigenvalue weighted by Crippen LogP contribution is 2.47. The van der Waals surface area contributed by atoms with E-state index in [4.69, 9.17) is 0 Å². The molecular weight excluding hydrogens is 692 g/mol. The van der Waals surface area contributed by atoms with Gasteiger partial charge in [-0.3, -0.25) is 24.1 Å². The fourth-order valence-corrected chi connectivity index (χ4v) is 6.49. The van der Waals surface area contributed by atoms with Crippen LogP contribution in [0.4, 0.5) is 8.78 Å². The molecule has 8 N–H and O–H groups in total. The average molecular weight is 734 g/mol. The fourth-order valence-electron chi connectivity index (χ4n) is 6.49. The van der Waals surface area contributed by atoms with Crippen molar-refractivity contribution < 1.29 is 63.4 Å². The van der Waals surface area contributed by atoms with E-state index in [0.717, 1.165) is 24.3 Å². The number of amides is 4. The van der Waals surface area contributed by atoms with Crippen molar-refractivity contribution in [3.05, 3.63) is 58.3 Å². The number of carbonyl (C=O) groups is 5. The Bertz CT molecular complexity index is 1710. The Kier molecular flexibility index (Phi) is 12.3. The molecule has 4 rings (SSSR count). The van der Waals surface area contributed by atoms with Crippen molar-refractivity contribution in [1.82, 2.24) is 25.3 Å². The summed E-state index contributed by atoms with van der Waals surface area (Å²) in [4.78, 5) is 67.6. The number of likely N-dealkylation sites (N-methyl/N-ethyl adjacent to an activating group) is 1. The lowest BCUT2D eigenvalue weighted by molar-refractivity contribution is -0.163. The number of β-lactam (4-membered cyclic amide) rings is 1. The van der Waals surface area contributed by atoms with E-state index >= 15 is 0 Å². The largest absolute Gasteiger partial charge is 0.504 e. The Balaban J connectivity index is 1.40. The maximum absolute atomic E-state index is 14.3. The van der Waals surface area contributed by atoms with Gasteiger partial charge in [0.05, 0.1) is 35.7 Å². The molecule has 1 fully saturated rings.